The van der Waals surface area contributed by atoms with Gasteiger partial charge in [0.25, 0.3) is 0 Å². The summed E-state index contributed by atoms with van der Waals surface area (Å²) >= 11 is 0. The van der Waals surface area contributed by atoms with Gasteiger partial charge in [-0.25, -0.2) is 30.8 Å². The van der Waals surface area contributed by atoms with Gasteiger partial charge in [-0.2, -0.15) is 10.2 Å². The molecule has 2 aromatic rings. The van der Waals surface area contributed by atoms with Crippen molar-refractivity contribution in [3.05, 3.63) is 34.9 Å². The van der Waals surface area contributed by atoms with Crippen molar-refractivity contribution in [2.45, 2.75) is 27.7 Å². The first kappa shape index (κ1) is 15.5. The average Bonchev–Trinajstić information content (AvgIpc) is 2.40. The van der Waals surface area contributed by atoms with E-state index in [9.17, 15) is 0 Å². The SMILES string of the molecule is Cc1cc(C)nc(N/N=C\C=N/Nc2nc(C)cc(C)n2)n1. The molecule has 8 heteroatoms. The zero-order chi connectivity index (χ0) is 15.9. The minimum atomic E-state index is 0.452. The van der Waals surface area contributed by atoms with Crippen LogP contribution in [-0.2, 0) is 0 Å². The lowest BCUT2D eigenvalue weighted by molar-refractivity contribution is 1.03. The highest BCUT2D eigenvalue weighted by atomic mass is 15.4. The Morgan fingerprint density at radius 1 is 0.682 bits per heavy atom. The van der Waals surface area contributed by atoms with Crippen LogP contribution >= 0.6 is 0 Å². The van der Waals surface area contributed by atoms with E-state index >= 15 is 0 Å². The molecule has 0 bridgehead atoms. The van der Waals surface area contributed by atoms with Crippen LogP contribution in [-0.4, -0.2) is 32.4 Å². The largest absolute Gasteiger partial charge is 0.245 e. The number of rotatable bonds is 5. The lowest BCUT2D eigenvalue weighted by atomic mass is 10.4. The fourth-order valence-electron chi connectivity index (χ4n) is 1.81. The summed E-state index contributed by atoms with van der Waals surface area (Å²) in [4.78, 5) is 16.8. The number of nitrogens with zero attached hydrogens (tertiary/aromatic N) is 6. The van der Waals surface area contributed by atoms with Gasteiger partial charge in [-0.3, -0.25) is 0 Å². The molecule has 8 nitrogen and oxygen atoms in total. The number of nitrogens with one attached hydrogen (secondary N) is 2. The van der Waals surface area contributed by atoms with Crippen LogP contribution in [0, 0.1) is 27.7 Å². The maximum absolute atomic E-state index is 4.20. The van der Waals surface area contributed by atoms with E-state index < -0.39 is 0 Å². The molecule has 0 saturated carbocycles. The molecular weight excluding hydrogens is 280 g/mol. The zero-order valence-corrected chi connectivity index (χ0v) is 13.0. The molecule has 2 heterocycles. The van der Waals surface area contributed by atoms with Crippen LogP contribution in [0.1, 0.15) is 22.8 Å². The van der Waals surface area contributed by atoms with E-state index in [1.54, 1.807) is 0 Å². The number of hydrogen-bond donors (Lipinski definition) is 2. The molecule has 2 N–H and O–H groups in total. The van der Waals surface area contributed by atoms with Gasteiger partial charge >= 0.3 is 0 Å². The normalized spacial score (nSPS) is 11.3. The standard InChI is InChI=1S/C14H18N8/c1-9-7-10(2)18-13(17-9)21-15-5-6-16-22-14-19-11(3)8-12(4)20-14/h5-8H,1-4H3,(H,17,18,21)(H,19,20,22)/b15-5-,16-6-. The van der Waals surface area contributed by atoms with Crippen molar-refractivity contribution >= 4 is 24.3 Å². The maximum Gasteiger partial charge on any atom is 0.243 e. The fourth-order valence-corrected chi connectivity index (χ4v) is 1.81. The Morgan fingerprint density at radius 3 is 1.32 bits per heavy atom. The second-order valence-corrected chi connectivity index (χ2v) is 4.73. The fraction of sp³-hybridized carbons (Fsp3) is 0.286. The molecule has 0 aliphatic carbocycles. The van der Waals surface area contributed by atoms with Crippen molar-refractivity contribution in [2.24, 2.45) is 10.2 Å². The monoisotopic (exact) mass is 298 g/mol. The van der Waals surface area contributed by atoms with Gasteiger partial charge in [0.15, 0.2) is 0 Å². The molecule has 0 amide bonds. The summed E-state index contributed by atoms with van der Waals surface area (Å²) in [5.41, 5.74) is 9.01. The van der Waals surface area contributed by atoms with E-state index in [0.29, 0.717) is 11.9 Å². The Hall–Kier alpha value is -2.90. The summed E-state index contributed by atoms with van der Waals surface area (Å²) in [6.45, 7) is 7.61. The van der Waals surface area contributed by atoms with Crippen molar-refractivity contribution in [1.29, 1.82) is 0 Å². The molecule has 0 fully saturated rings. The highest BCUT2D eigenvalue weighted by Gasteiger charge is 1.97. The van der Waals surface area contributed by atoms with E-state index in [1.807, 2.05) is 39.8 Å². The molecule has 2 rings (SSSR count). The molecule has 0 saturated heterocycles. The van der Waals surface area contributed by atoms with Crippen LogP contribution in [0.5, 0.6) is 0 Å². The summed E-state index contributed by atoms with van der Waals surface area (Å²) < 4.78 is 0. The minimum Gasteiger partial charge on any atom is -0.245 e. The van der Waals surface area contributed by atoms with Gasteiger partial charge in [-0.15, -0.1) is 0 Å². The molecule has 0 aliphatic rings. The molecule has 0 spiro atoms. The lowest BCUT2D eigenvalue weighted by Crippen LogP contribution is -2.01. The van der Waals surface area contributed by atoms with E-state index in [1.165, 1.54) is 12.4 Å². The van der Waals surface area contributed by atoms with Gasteiger partial charge in [0.1, 0.15) is 0 Å². The van der Waals surface area contributed by atoms with Gasteiger partial charge in [0.05, 0.1) is 12.4 Å². The molecule has 22 heavy (non-hydrogen) atoms. The van der Waals surface area contributed by atoms with Crippen LogP contribution in [0.2, 0.25) is 0 Å². The first-order valence-electron chi connectivity index (χ1n) is 6.74. The first-order valence-corrected chi connectivity index (χ1v) is 6.74. The Kier molecular flexibility index (Phi) is 5.07. The smallest absolute Gasteiger partial charge is 0.243 e. The van der Waals surface area contributed by atoms with Crippen molar-refractivity contribution in [1.82, 2.24) is 19.9 Å². The van der Waals surface area contributed by atoms with Crippen LogP contribution in [0.25, 0.3) is 0 Å². The van der Waals surface area contributed by atoms with E-state index in [2.05, 4.69) is 41.0 Å². The average molecular weight is 298 g/mol. The van der Waals surface area contributed by atoms with Crippen molar-refractivity contribution in [3.63, 3.8) is 0 Å². The summed E-state index contributed by atoms with van der Waals surface area (Å²) in [7, 11) is 0. The Morgan fingerprint density at radius 2 is 1.00 bits per heavy atom. The molecule has 0 aliphatic heterocycles. The minimum absolute atomic E-state index is 0.452. The second-order valence-electron chi connectivity index (χ2n) is 4.73. The summed E-state index contributed by atoms with van der Waals surface area (Å²) in [5.74, 6) is 0.903. The number of anilines is 2. The van der Waals surface area contributed by atoms with Crippen LogP contribution < -0.4 is 10.9 Å². The topological polar surface area (TPSA) is 100 Å². The van der Waals surface area contributed by atoms with Crippen LogP contribution in [0.4, 0.5) is 11.9 Å². The third-order valence-electron chi connectivity index (χ3n) is 2.51. The van der Waals surface area contributed by atoms with Crippen LogP contribution in [0.3, 0.4) is 0 Å². The number of hydrogen-bond acceptors (Lipinski definition) is 8. The quantitative estimate of drug-likeness (QED) is 0.647. The highest BCUT2D eigenvalue weighted by molar-refractivity contribution is 6.16. The molecule has 0 radical (unpaired) electrons. The number of aromatic nitrogens is 4. The van der Waals surface area contributed by atoms with E-state index in [4.69, 9.17) is 0 Å². The molecular formula is C14H18N8. The van der Waals surface area contributed by atoms with Gasteiger partial charge in [0.2, 0.25) is 11.9 Å². The van der Waals surface area contributed by atoms with Crippen LogP contribution in [0.15, 0.2) is 22.3 Å². The molecule has 114 valence electrons. The summed E-state index contributed by atoms with van der Waals surface area (Å²) in [5, 5.41) is 7.92. The van der Waals surface area contributed by atoms with Gasteiger partial charge in [0, 0.05) is 22.8 Å². The molecule has 0 aromatic carbocycles. The van der Waals surface area contributed by atoms with E-state index in [-0.39, 0.29) is 0 Å². The predicted molar refractivity (Wildman–Crippen MR) is 87.2 cm³/mol. The highest BCUT2D eigenvalue weighted by Crippen LogP contribution is 2.03. The van der Waals surface area contributed by atoms with Gasteiger partial charge in [-0.1, -0.05) is 0 Å². The summed E-state index contributed by atoms with van der Waals surface area (Å²) in [6, 6.07) is 3.79. The van der Waals surface area contributed by atoms with Crippen molar-refractivity contribution < 1.29 is 0 Å². The van der Waals surface area contributed by atoms with E-state index in [0.717, 1.165) is 22.8 Å². The molecule has 0 atom stereocenters. The Balaban J connectivity index is 1.86. The van der Waals surface area contributed by atoms with Crippen molar-refractivity contribution in [3.8, 4) is 0 Å². The zero-order valence-electron chi connectivity index (χ0n) is 13.0. The Labute approximate surface area is 128 Å². The third kappa shape index (κ3) is 4.89. The predicted octanol–water partition coefficient (Wildman–Crippen LogP) is 2.00. The molecule has 2 aromatic heterocycles. The molecule has 0 unspecified atom stereocenters. The van der Waals surface area contributed by atoms with Gasteiger partial charge in [-0.05, 0) is 39.8 Å². The number of aryl methyl sites for hydroxylation is 4. The van der Waals surface area contributed by atoms with Crippen molar-refractivity contribution in [2.75, 3.05) is 10.9 Å². The third-order valence-corrected chi connectivity index (χ3v) is 2.51. The second kappa shape index (κ2) is 7.21. The first-order chi connectivity index (χ1) is 10.5. The number of hydrazone groups is 2. The maximum atomic E-state index is 4.20. The summed E-state index contributed by atoms with van der Waals surface area (Å²) in [6.07, 6.45) is 2.97. The van der Waals surface area contributed by atoms with Gasteiger partial charge < -0.3 is 0 Å². The Bertz CT molecular complexity index is 606. The lowest BCUT2D eigenvalue weighted by Gasteiger charge is -2.01.